The Balaban J connectivity index is 2.05. The normalized spacial score (nSPS) is 13.0. The van der Waals surface area contributed by atoms with E-state index in [-0.39, 0.29) is 6.04 Å². The smallest absolute Gasteiger partial charge is 0.0438 e. The number of hydrogen-bond acceptors (Lipinski definition) is 3. The van der Waals surface area contributed by atoms with Gasteiger partial charge in [-0.1, -0.05) is 6.07 Å². The Labute approximate surface area is 99.7 Å². The van der Waals surface area contributed by atoms with Gasteiger partial charge in [0.2, 0.25) is 0 Å². The van der Waals surface area contributed by atoms with E-state index < -0.39 is 0 Å². The first kappa shape index (κ1) is 10.4. The van der Waals surface area contributed by atoms with E-state index in [9.17, 15) is 0 Å². The van der Waals surface area contributed by atoms with Crippen molar-refractivity contribution in [1.29, 1.82) is 0 Å². The summed E-state index contributed by atoms with van der Waals surface area (Å²) in [5.74, 6) is 0. The first-order valence-electron chi connectivity index (χ1n) is 4.27. The van der Waals surface area contributed by atoms with Crippen molar-refractivity contribution in [3.8, 4) is 0 Å². The molecule has 1 nitrogen and oxygen atoms in total. The summed E-state index contributed by atoms with van der Waals surface area (Å²) in [5, 5.41) is 4.16. The van der Waals surface area contributed by atoms with Crippen LogP contribution in [0.1, 0.15) is 15.8 Å². The summed E-state index contributed by atoms with van der Waals surface area (Å²) in [6.45, 7) is 0. The molecule has 0 aromatic carbocycles. The fourth-order valence-electron chi connectivity index (χ4n) is 1.28. The van der Waals surface area contributed by atoms with Crippen molar-refractivity contribution in [2.24, 2.45) is 5.73 Å². The molecule has 1 unspecified atom stereocenters. The molecule has 0 aliphatic heterocycles. The monoisotopic (exact) mass is 287 g/mol. The minimum Gasteiger partial charge on any atom is -0.323 e. The Bertz CT molecular complexity index is 394. The molecule has 0 aliphatic carbocycles. The van der Waals surface area contributed by atoms with Crippen molar-refractivity contribution in [3.63, 3.8) is 0 Å². The van der Waals surface area contributed by atoms with Crippen LogP contribution in [0.2, 0.25) is 0 Å². The molecule has 2 N–H and O–H groups in total. The van der Waals surface area contributed by atoms with Gasteiger partial charge in [0.25, 0.3) is 0 Å². The summed E-state index contributed by atoms with van der Waals surface area (Å²) in [7, 11) is 0. The topological polar surface area (TPSA) is 26.0 Å². The van der Waals surface area contributed by atoms with Crippen molar-refractivity contribution in [2.45, 2.75) is 12.5 Å². The first-order valence-corrected chi connectivity index (χ1v) is 6.83. The van der Waals surface area contributed by atoms with Crippen molar-refractivity contribution in [1.82, 2.24) is 0 Å². The summed E-state index contributed by atoms with van der Waals surface area (Å²) >= 11 is 6.92. The van der Waals surface area contributed by atoms with Gasteiger partial charge in [0, 0.05) is 32.1 Å². The lowest BCUT2D eigenvalue weighted by Crippen LogP contribution is -2.10. The average Bonchev–Trinajstić information content (AvgIpc) is 2.75. The van der Waals surface area contributed by atoms with Gasteiger partial charge in [-0.25, -0.2) is 0 Å². The molecule has 4 heteroatoms. The average molecular weight is 288 g/mol. The SMILES string of the molecule is NC(Cc1cc(Br)cs1)c1cccs1. The van der Waals surface area contributed by atoms with E-state index in [2.05, 4.69) is 38.8 Å². The Morgan fingerprint density at radius 1 is 1.43 bits per heavy atom. The van der Waals surface area contributed by atoms with Crippen molar-refractivity contribution in [2.75, 3.05) is 0 Å². The third kappa shape index (κ3) is 2.45. The van der Waals surface area contributed by atoms with E-state index in [1.807, 2.05) is 6.07 Å². The summed E-state index contributed by atoms with van der Waals surface area (Å²) in [6, 6.07) is 6.42. The van der Waals surface area contributed by atoms with Crippen molar-refractivity contribution in [3.05, 3.63) is 43.2 Å². The van der Waals surface area contributed by atoms with E-state index >= 15 is 0 Å². The summed E-state index contributed by atoms with van der Waals surface area (Å²) < 4.78 is 1.15. The molecule has 0 radical (unpaired) electrons. The minimum atomic E-state index is 0.139. The second-order valence-electron chi connectivity index (χ2n) is 3.06. The predicted octanol–water partition coefficient (Wildman–Crippen LogP) is 3.81. The molecule has 2 rings (SSSR count). The molecular formula is C10H10BrNS2. The van der Waals surface area contributed by atoms with Gasteiger partial charge in [-0.05, 0) is 33.4 Å². The van der Waals surface area contributed by atoms with E-state index in [0.29, 0.717) is 0 Å². The number of thiophene rings is 2. The molecule has 2 aromatic heterocycles. The van der Waals surface area contributed by atoms with E-state index in [1.54, 1.807) is 22.7 Å². The van der Waals surface area contributed by atoms with Crippen molar-refractivity contribution >= 4 is 38.6 Å². The molecule has 2 aromatic rings. The largest absolute Gasteiger partial charge is 0.323 e. The summed E-state index contributed by atoms with van der Waals surface area (Å²) in [5.41, 5.74) is 6.08. The molecule has 14 heavy (non-hydrogen) atoms. The fraction of sp³-hybridized carbons (Fsp3) is 0.200. The first-order chi connectivity index (χ1) is 6.75. The zero-order valence-electron chi connectivity index (χ0n) is 7.44. The van der Waals surface area contributed by atoms with Gasteiger partial charge < -0.3 is 5.73 Å². The van der Waals surface area contributed by atoms with Crippen molar-refractivity contribution < 1.29 is 0 Å². The molecule has 2 heterocycles. The van der Waals surface area contributed by atoms with Crippen LogP contribution >= 0.6 is 38.6 Å². The molecule has 0 bridgehead atoms. The second kappa shape index (κ2) is 4.57. The Morgan fingerprint density at radius 2 is 2.29 bits per heavy atom. The molecule has 0 saturated heterocycles. The highest BCUT2D eigenvalue weighted by Gasteiger charge is 2.09. The van der Waals surface area contributed by atoms with Crippen LogP contribution in [-0.4, -0.2) is 0 Å². The summed E-state index contributed by atoms with van der Waals surface area (Å²) in [6.07, 6.45) is 0.927. The highest BCUT2D eigenvalue weighted by molar-refractivity contribution is 9.10. The predicted molar refractivity (Wildman–Crippen MR) is 67.0 cm³/mol. The molecule has 74 valence electrons. The molecule has 0 saturated carbocycles. The highest BCUT2D eigenvalue weighted by Crippen LogP contribution is 2.26. The van der Waals surface area contributed by atoms with Gasteiger partial charge in [0.05, 0.1) is 0 Å². The molecule has 0 amide bonds. The standard InChI is InChI=1S/C10H10BrNS2/c11-7-4-8(14-6-7)5-9(12)10-2-1-3-13-10/h1-4,6,9H,5,12H2. The third-order valence-corrected chi connectivity index (χ3v) is 4.68. The quantitative estimate of drug-likeness (QED) is 0.913. The Kier molecular flexibility index (Phi) is 3.38. The Morgan fingerprint density at radius 3 is 2.86 bits per heavy atom. The Hall–Kier alpha value is -0.160. The molecule has 0 spiro atoms. The third-order valence-electron chi connectivity index (χ3n) is 1.95. The van der Waals surface area contributed by atoms with Gasteiger partial charge in [0.15, 0.2) is 0 Å². The van der Waals surface area contributed by atoms with Crippen LogP contribution < -0.4 is 5.73 Å². The van der Waals surface area contributed by atoms with Crippen LogP contribution in [0.25, 0.3) is 0 Å². The van der Waals surface area contributed by atoms with Crippen LogP contribution in [-0.2, 0) is 6.42 Å². The maximum absolute atomic E-state index is 6.08. The lowest BCUT2D eigenvalue weighted by Gasteiger charge is -2.06. The van der Waals surface area contributed by atoms with Gasteiger partial charge in [-0.3, -0.25) is 0 Å². The lowest BCUT2D eigenvalue weighted by atomic mass is 10.1. The van der Waals surface area contributed by atoms with Crippen LogP contribution in [0.4, 0.5) is 0 Å². The number of halogens is 1. The molecule has 0 aliphatic rings. The zero-order valence-corrected chi connectivity index (χ0v) is 10.7. The number of nitrogens with two attached hydrogens (primary N) is 1. The zero-order chi connectivity index (χ0) is 9.97. The molecule has 0 fully saturated rings. The fourth-order valence-corrected chi connectivity index (χ4v) is 3.52. The maximum Gasteiger partial charge on any atom is 0.0438 e. The van der Waals surface area contributed by atoms with Crippen LogP contribution in [0, 0.1) is 0 Å². The minimum absolute atomic E-state index is 0.139. The van der Waals surface area contributed by atoms with E-state index in [4.69, 9.17) is 5.73 Å². The van der Waals surface area contributed by atoms with E-state index in [0.717, 1.165) is 10.9 Å². The molecule has 1 atom stereocenters. The molecular weight excluding hydrogens is 278 g/mol. The second-order valence-corrected chi connectivity index (χ2v) is 5.95. The summed E-state index contributed by atoms with van der Waals surface area (Å²) in [4.78, 5) is 2.59. The van der Waals surface area contributed by atoms with Gasteiger partial charge in [0.1, 0.15) is 0 Å². The highest BCUT2D eigenvalue weighted by atomic mass is 79.9. The van der Waals surface area contributed by atoms with Gasteiger partial charge in [-0.15, -0.1) is 22.7 Å². The number of hydrogen-bond donors (Lipinski definition) is 1. The maximum atomic E-state index is 6.08. The lowest BCUT2D eigenvalue weighted by molar-refractivity contribution is 0.745. The van der Waals surface area contributed by atoms with E-state index in [1.165, 1.54) is 9.75 Å². The van der Waals surface area contributed by atoms with Crippen LogP contribution in [0.15, 0.2) is 33.4 Å². The van der Waals surface area contributed by atoms with Crippen LogP contribution in [0.3, 0.4) is 0 Å². The van der Waals surface area contributed by atoms with Gasteiger partial charge >= 0.3 is 0 Å². The van der Waals surface area contributed by atoms with Crippen LogP contribution in [0.5, 0.6) is 0 Å². The number of rotatable bonds is 3. The van der Waals surface area contributed by atoms with Gasteiger partial charge in [-0.2, -0.15) is 0 Å².